The molecule has 0 saturated heterocycles. The van der Waals surface area contributed by atoms with Crippen LogP contribution in [0.1, 0.15) is 15.9 Å². The van der Waals surface area contributed by atoms with E-state index < -0.39 is 6.61 Å². The first kappa shape index (κ1) is 18.5. The first-order chi connectivity index (χ1) is 11.9. The van der Waals surface area contributed by atoms with Gasteiger partial charge < -0.3 is 19.7 Å². The second-order valence-corrected chi connectivity index (χ2v) is 5.49. The summed E-state index contributed by atoms with van der Waals surface area (Å²) in [4.78, 5) is 14.1. The fraction of sp³-hybridized carbons (Fsp3) is 0.278. The summed E-state index contributed by atoms with van der Waals surface area (Å²) in [6, 6.07) is 11.7. The normalized spacial score (nSPS) is 10.5. The van der Waals surface area contributed by atoms with Crippen LogP contribution in [0.4, 0.5) is 14.5 Å². The zero-order valence-electron chi connectivity index (χ0n) is 14.3. The fourth-order valence-corrected chi connectivity index (χ4v) is 2.21. The van der Waals surface area contributed by atoms with Crippen LogP contribution >= 0.6 is 0 Å². The lowest BCUT2D eigenvalue weighted by Gasteiger charge is -2.13. The van der Waals surface area contributed by atoms with Crippen LogP contribution in [0.15, 0.2) is 42.5 Å². The van der Waals surface area contributed by atoms with E-state index in [4.69, 9.17) is 4.74 Å². The van der Waals surface area contributed by atoms with E-state index in [9.17, 15) is 13.6 Å². The maximum absolute atomic E-state index is 12.4. The van der Waals surface area contributed by atoms with Gasteiger partial charge in [-0.25, -0.2) is 0 Å². The highest BCUT2D eigenvalue weighted by Gasteiger charge is 2.12. The van der Waals surface area contributed by atoms with Gasteiger partial charge in [0.1, 0.15) is 0 Å². The van der Waals surface area contributed by atoms with Gasteiger partial charge in [0.25, 0.3) is 5.91 Å². The Morgan fingerprint density at radius 2 is 1.80 bits per heavy atom. The minimum absolute atomic E-state index is 0.0698. The highest BCUT2D eigenvalue weighted by molar-refractivity contribution is 5.94. The van der Waals surface area contributed by atoms with E-state index in [1.54, 1.807) is 18.2 Å². The predicted octanol–water partition coefficient (Wildman–Crippen LogP) is 3.29. The van der Waals surface area contributed by atoms with Crippen LogP contribution < -0.4 is 19.7 Å². The molecule has 0 saturated carbocycles. The number of methoxy groups -OCH3 is 1. The summed E-state index contributed by atoms with van der Waals surface area (Å²) in [5.41, 5.74) is 2.12. The second kappa shape index (κ2) is 8.32. The van der Waals surface area contributed by atoms with Gasteiger partial charge in [0.05, 0.1) is 7.11 Å². The third-order valence-electron chi connectivity index (χ3n) is 3.54. The SMILES string of the molecule is COc1ccc(CNC(=O)c2ccc(N(C)C)cc2)cc1OC(F)F. The Morgan fingerprint density at radius 3 is 2.36 bits per heavy atom. The summed E-state index contributed by atoms with van der Waals surface area (Å²) in [7, 11) is 5.20. The van der Waals surface area contributed by atoms with Gasteiger partial charge in [0.2, 0.25) is 0 Å². The van der Waals surface area contributed by atoms with Gasteiger partial charge in [-0.3, -0.25) is 4.79 Å². The van der Waals surface area contributed by atoms with Crippen molar-refractivity contribution in [2.24, 2.45) is 0 Å². The Kier molecular flexibility index (Phi) is 6.16. The molecule has 0 fully saturated rings. The highest BCUT2D eigenvalue weighted by Crippen LogP contribution is 2.29. The van der Waals surface area contributed by atoms with Crippen LogP contribution in [0.25, 0.3) is 0 Å². The zero-order valence-corrected chi connectivity index (χ0v) is 14.3. The summed E-state index contributed by atoms with van der Waals surface area (Å²) in [6.07, 6.45) is 0. The van der Waals surface area contributed by atoms with Crippen LogP contribution in [-0.2, 0) is 6.54 Å². The van der Waals surface area contributed by atoms with Crippen molar-refractivity contribution in [1.29, 1.82) is 0 Å². The molecule has 5 nitrogen and oxygen atoms in total. The monoisotopic (exact) mass is 350 g/mol. The Balaban J connectivity index is 2.03. The molecule has 0 heterocycles. The molecule has 0 aliphatic carbocycles. The molecule has 7 heteroatoms. The topological polar surface area (TPSA) is 50.8 Å². The van der Waals surface area contributed by atoms with Gasteiger partial charge in [0, 0.05) is 31.9 Å². The fourth-order valence-electron chi connectivity index (χ4n) is 2.21. The van der Waals surface area contributed by atoms with E-state index >= 15 is 0 Å². The molecule has 0 atom stereocenters. The van der Waals surface area contributed by atoms with Crippen molar-refractivity contribution in [2.45, 2.75) is 13.2 Å². The zero-order chi connectivity index (χ0) is 18.4. The molecule has 0 bridgehead atoms. The van der Waals surface area contributed by atoms with Crippen LogP contribution in [0.5, 0.6) is 11.5 Å². The third-order valence-corrected chi connectivity index (χ3v) is 3.54. The van der Waals surface area contributed by atoms with E-state index in [-0.39, 0.29) is 24.0 Å². The molecule has 0 aliphatic heterocycles. The lowest BCUT2D eigenvalue weighted by atomic mass is 10.1. The Hall–Kier alpha value is -2.83. The number of halogens is 2. The van der Waals surface area contributed by atoms with Crippen molar-refractivity contribution < 1.29 is 23.0 Å². The lowest BCUT2D eigenvalue weighted by molar-refractivity contribution is -0.0512. The molecule has 0 aromatic heterocycles. The van der Waals surface area contributed by atoms with Gasteiger partial charge in [0.15, 0.2) is 11.5 Å². The molecule has 0 radical (unpaired) electrons. The Bertz CT molecular complexity index is 719. The van der Waals surface area contributed by atoms with Gasteiger partial charge in [-0.05, 0) is 42.0 Å². The number of hydrogen-bond acceptors (Lipinski definition) is 4. The van der Waals surface area contributed by atoms with Crippen LogP contribution in [-0.4, -0.2) is 33.7 Å². The van der Waals surface area contributed by atoms with E-state index in [2.05, 4.69) is 10.1 Å². The number of nitrogens with one attached hydrogen (secondary N) is 1. The standard InChI is InChI=1S/C18H20F2N2O3/c1-22(2)14-7-5-13(6-8-14)17(23)21-11-12-4-9-15(24-3)16(10-12)25-18(19)20/h4-10,18H,11H2,1-3H3,(H,21,23). The summed E-state index contributed by atoms with van der Waals surface area (Å²) < 4.78 is 34.3. The molecule has 0 unspecified atom stereocenters. The largest absolute Gasteiger partial charge is 0.493 e. The average molecular weight is 350 g/mol. The number of benzene rings is 2. The van der Waals surface area contributed by atoms with Crippen molar-refractivity contribution >= 4 is 11.6 Å². The molecule has 2 aromatic carbocycles. The highest BCUT2D eigenvalue weighted by atomic mass is 19.3. The van der Waals surface area contributed by atoms with Crippen LogP contribution in [0, 0.1) is 0 Å². The van der Waals surface area contributed by atoms with Crippen molar-refractivity contribution in [3.8, 4) is 11.5 Å². The summed E-state index contributed by atoms with van der Waals surface area (Å²) in [5, 5.41) is 2.75. The number of rotatable bonds is 7. The number of carbonyl (C=O) groups is 1. The van der Waals surface area contributed by atoms with Crippen LogP contribution in [0.3, 0.4) is 0 Å². The Labute approximate surface area is 145 Å². The maximum atomic E-state index is 12.4. The smallest absolute Gasteiger partial charge is 0.387 e. The van der Waals surface area contributed by atoms with Gasteiger partial charge >= 0.3 is 6.61 Å². The van der Waals surface area contributed by atoms with Crippen LogP contribution in [0.2, 0.25) is 0 Å². The predicted molar refractivity (Wildman–Crippen MR) is 91.6 cm³/mol. The summed E-state index contributed by atoms with van der Waals surface area (Å²) in [5.74, 6) is -0.119. The lowest BCUT2D eigenvalue weighted by Crippen LogP contribution is -2.23. The van der Waals surface area contributed by atoms with E-state index in [0.29, 0.717) is 11.1 Å². The second-order valence-electron chi connectivity index (χ2n) is 5.49. The van der Waals surface area contributed by atoms with E-state index in [0.717, 1.165) is 5.69 Å². The molecular weight excluding hydrogens is 330 g/mol. The van der Waals surface area contributed by atoms with Crippen molar-refractivity contribution in [3.05, 3.63) is 53.6 Å². The number of nitrogens with zero attached hydrogens (tertiary/aromatic N) is 1. The number of hydrogen-bond donors (Lipinski definition) is 1. The first-order valence-electron chi connectivity index (χ1n) is 7.58. The van der Waals surface area contributed by atoms with Gasteiger partial charge in [-0.15, -0.1) is 0 Å². The molecule has 25 heavy (non-hydrogen) atoms. The van der Waals surface area contributed by atoms with E-state index in [1.165, 1.54) is 19.2 Å². The number of alkyl halides is 2. The maximum Gasteiger partial charge on any atom is 0.387 e. The molecule has 0 spiro atoms. The van der Waals surface area contributed by atoms with Crippen molar-refractivity contribution in [2.75, 3.05) is 26.1 Å². The minimum atomic E-state index is -2.95. The molecule has 0 aliphatic rings. The molecule has 2 aromatic rings. The number of carbonyl (C=O) groups excluding carboxylic acids is 1. The number of anilines is 1. The Morgan fingerprint density at radius 1 is 1.12 bits per heavy atom. The summed E-state index contributed by atoms with van der Waals surface area (Å²) in [6.45, 7) is -2.77. The molecule has 134 valence electrons. The minimum Gasteiger partial charge on any atom is -0.493 e. The van der Waals surface area contributed by atoms with Gasteiger partial charge in [-0.2, -0.15) is 8.78 Å². The third kappa shape index (κ3) is 5.07. The average Bonchev–Trinajstić information content (AvgIpc) is 2.59. The number of ether oxygens (including phenoxy) is 2. The molecule has 1 N–H and O–H groups in total. The van der Waals surface area contributed by atoms with Gasteiger partial charge in [-0.1, -0.05) is 6.07 Å². The van der Waals surface area contributed by atoms with Crippen molar-refractivity contribution in [3.63, 3.8) is 0 Å². The molecule has 1 amide bonds. The number of amides is 1. The molecular formula is C18H20F2N2O3. The quantitative estimate of drug-likeness (QED) is 0.833. The molecule has 2 rings (SSSR count). The van der Waals surface area contributed by atoms with E-state index in [1.807, 2.05) is 31.1 Å². The summed E-state index contributed by atoms with van der Waals surface area (Å²) >= 11 is 0. The first-order valence-corrected chi connectivity index (χ1v) is 7.58. The van der Waals surface area contributed by atoms with Crippen molar-refractivity contribution in [1.82, 2.24) is 5.32 Å².